The van der Waals surface area contributed by atoms with Crippen LogP contribution >= 0.6 is 12.4 Å². The van der Waals surface area contributed by atoms with E-state index < -0.39 is 5.97 Å². The summed E-state index contributed by atoms with van der Waals surface area (Å²) in [5.41, 5.74) is 1.98. The number of H-pyrrole nitrogens is 1. The van der Waals surface area contributed by atoms with Crippen LogP contribution in [0, 0.1) is 0 Å². The molecular weight excluding hydrogens is 432 g/mol. The highest BCUT2D eigenvalue weighted by molar-refractivity contribution is 5.92. The second-order valence-electron chi connectivity index (χ2n) is 9.48. The predicted molar refractivity (Wildman–Crippen MR) is 143 cm³/mol. The summed E-state index contributed by atoms with van der Waals surface area (Å²) in [6, 6.07) is 5.07. The third-order valence-electron chi connectivity index (χ3n) is 6.55. The summed E-state index contributed by atoms with van der Waals surface area (Å²) in [6.45, 7) is 2.29. The number of rotatable bonds is 20. The number of hydrogen-bond donors (Lipinski definition) is 2. The Morgan fingerprint density at radius 1 is 0.758 bits per heavy atom. The van der Waals surface area contributed by atoms with Crippen LogP contribution in [0.4, 0.5) is 0 Å². The number of nitrogens with one attached hydrogen (secondary N) is 1. The van der Waals surface area contributed by atoms with Crippen molar-refractivity contribution in [1.29, 1.82) is 0 Å². The molecule has 0 amide bonds. The highest BCUT2D eigenvalue weighted by Crippen LogP contribution is 2.17. The Bertz CT molecular complexity index is 759. The molecule has 33 heavy (non-hydrogen) atoms. The molecule has 188 valence electrons. The molecule has 0 spiro atoms. The van der Waals surface area contributed by atoms with Crippen LogP contribution in [0.25, 0.3) is 11.0 Å². The van der Waals surface area contributed by atoms with Crippen LogP contribution in [-0.2, 0) is 6.42 Å². The van der Waals surface area contributed by atoms with Crippen LogP contribution in [0.3, 0.4) is 0 Å². The van der Waals surface area contributed by atoms with E-state index in [1.165, 1.54) is 109 Å². The van der Waals surface area contributed by atoms with Crippen molar-refractivity contribution in [3.05, 3.63) is 29.6 Å². The summed E-state index contributed by atoms with van der Waals surface area (Å²) >= 11 is 0. The first kappa shape index (κ1) is 29.5. The van der Waals surface area contributed by atoms with Gasteiger partial charge >= 0.3 is 5.97 Å². The number of unbranched alkanes of at least 4 members (excludes halogenated alkanes) is 17. The number of carbonyl (C=O) groups is 1. The number of hydrogen-bond acceptors (Lipinski definition) is 2. The fourth-order valence-corrected chi connectivity index (χ4v) is 4.51. The van der Waals surface area contributed by atoms with Gasteiger partial charge in [-0.3, -0.25) is 0 Å². The zero-order valence-electron chi connectivity index (χ0n) is 20.9. The first-order valence-corrected chi connectivity index (χ1v) is 13.4. The highest BCUT2D eigenvalue weighted by Gasteiger charge is 2.07. The Labute approximate surface area is 207 Å². The van der Waals surface area contributed by atoms with Gasteiger partial charge in [0.15, 0.2) is 0 Å². The fraction of sp³-hybridized carbons (Fsp3) is 0.714. The zero-order chi connectivity index (χ0) is 22.9. The summed E-state index contributed by atoms with van der Waals surface area (Å²) in [4.78, 5) is 18.9. The van der Waals surface area contributed by atoms with Crippen molar-refractivity contribution < 1.29 is 9.90 Å². The number of carboxylic acid groups (broad SMARTS) is 1. The van der Waals surface area contributed by atoms with E-state index in [4.69, 9.17) is 5.11 Å². The zero-order valence-corrected chi connectivity index (χ0v) is 21.7. The Morgan fingerprint density at radius 2 is 1.21 bits per heavy atom. The van der Waals surface area contributed by atoms with Gasteiger partial charge in [0.2, 0.25) is 0 Å². The van der Waals surface area contributed by atoms with Crippen LogP contribution in [0.5, 0.6) is 0 Å². The van der Waals surface area contributed by atoms with Crippen molar-refractivity contribution in [2.45, 2.75) is 129 Å². The minimum atomic E-state index is -0.897. The van der Waals surface area contributed by atoms with Crippen molar-refractivity contribution in [3.8, 4) is 0 Å². The molecule has 1 aromatic heterocycles. The Hall–Kier alpha value is -1.55. The van der Waals surface area contributed by atoms with Gasteiger partial charge in [-0.25, -0.2) is 9.78 Å². The van der Waals surface area contributed by atoms with Gasteiger partial charge in [0.1, 0.15) is 5.82 Å². The molecular formula is C28H47ClN2O2. The lowest BCUT2D eigenvalue weighted by atomic mass is 10.0. The van der Waals surface area contributed by atoms with Crippen LogP contribution in [-0.4, -0.2) is 21.0 Å². The Morgan fingerprint density at radius 3 is 1.67 bits per heavy atom. The third kappa shape index (κ3) is 13.1. The lowest BCUT2D eigenvalue weighted by Crippen LogP contribution is -1.94. The van der Waals surface area contributed by atoms with Gasteiger partial charge in [0.25, 0.3) is 0 Å². The molecule has 0 aliphatic rings. The molecule has 4 nitrogen and oxygen atoms in total. The van der Waals surface area contributed by atoms with E-state index in [1.54, 1.807) is 18.2 Å². The van der Waals surface area contributed by atoms with Crippen LogP contribution in [0.15, 0.2) is 18.2 Å². The standard InChI is InChI=1S/C28H46N2O2.ClH/c1-2-3-4-5-6-7-8-9-10-11-12-13-14-15-16-17-18-19-20-27-29-25-22-21-24(28(31)32)23-26(25)30-27;/h21-23H,2-20H2,1H3,(H,29,30)(H,31,32);1H. The average molecular weight is 479 g/mol. The van der Waals surface area contributed by atoms with Crippen LogP contribution < -0.4 is 0 Å². The first-order valence-electron chi connectivity index (χ1n) is 13.4. The largest absolute Gasteiger partial charge is 0.478 e. The monoisotopic (exact) mass is 478 g/mol. The van der Waals surface area contributed by atoms with Gasteiger partial charge in [-0.2, -0.15) is 0 Å². The molecule has 0 radical (unpaired) electrons. The van der Waals surface area contributed by atoms with Gasteiger partial charge in [-0.1, -0.05) is 116 Å². The molecule has 1 heterocycles. The maximum Gasteiger partial charge on any atom is 0.335 e. The fourth-order valence-electron chi connectivity index (χ4n) is 4.51. The number of aromatic amines is 1. The van der Waals surface area contributed by atoms with Gasteiger partial charge in [0, 0.05) is 6.42 Å². The summed E-state index contributed by atoms with van der Waals surface area (Å²) in [7, 11) is 0. The average Bonchev–Trinajstić information content (AvgIpc) is 3.20. The van der Waals surface area contributed by atoms with Crippen molar-refractivity contribution >= 4 is 29.4 Å². The normalized spacial score (nSPS) is 11.1. The molecule has 2 N–H and O–H groups in total. The molecule has 0 atom stereocenters. The molecule has 5 heteroatoms. The number of aromatic nitrogens is 2. The lowest BCUT2D eigenvalue weighted by Gasteiger charge is -2.03. The first-order chi connectivity index (χ1) is 15.7. The van der Waals surface area contributed by atoms with E-state index >= 15 is 0 Å². The smallest absolute Gasteiger partial charge is 0.335 e. The Kier molecular flexibility index (Phi) is 16.8. The van der Waals surface area contributed by atoms with E-state index in [-0.39, 0.29) is 12.4 Å². The quantitative estimate of drug-likeness (QED) is 0.186. The molecule has 0 unspecified atom stereocenters. The van der Waals surface area contributed by atoms with E-state index in [0.717, 1.165) is 29.7 Å². The molecule has 2 rings (SSSR count). The van der Waals surface area contributed by atoms with E-state index in [0.29, 0.717) is 5.56 Å². The molecule has 0 aliphatic heterocycles. The van der Waals surface area contributed by atoms with Crippen molar-refractivity contribution in [2.75, 3.05) is 0 Å². The van der Waals surface area contributed by atoms with Gasteiger partial charge < -0.3 is 10.1 Å². The minimum Gasteiger partial charge on any atom is -0.478 e. The van der Waals surface area contributed by atoms with Crippen molar-refractivity contribution in [2.24, 2.45) is 0 Å². The molecule has 0 saturated carbocycles. The lowest BCUT2D eigenvalue weighted by molar-refractivity contribution is 0.0697. The third-order valence-corrected chi connectivity index (χ3v) is 6.55. The van der Waals surface area contributed by atoms with Gasteiger partial charge in [-0.15, -0.1) is 12.4 Å². The number of aryl methyl sites for hydroxylation is 1. The van der Waals surface area contributed by atoms with Gasteiger partial charge in [-0.05, 0) is 24.6 Å². The SMILES string of the molecule is CCCCCCCCCCCCCCCCCCCCc1nc2ccc(C(=O)O)cc2[nH]1.Cl. The van der Waals surface area contributed by atoms with E-state index in [9.17, 15) is 4.79 Å². The number of nitrogens with zero attached hydrogens (tertiary/aromatic N) is 1. The maximum atomic E-state index is 11.1. The molecule has 0 aliphatic carbocycles. The van der Waals surface area contributed by atoms with E-state index in [1.807, 2.05) is 0 Å². The molecule has 0 saturated heterocycles. The number of imidazole rings is 1. The number of aromatic carboxylic acids is 1. The highest BCUT2D eigenvalue weighted by atomic mass is 35.5. The molecule has 0 fully saturated rings. The molecule has 1 aromatic carbocycles. The summed E-state index contributed by atoms with van der Waals surface area (Å²) in [6.07, 6.45) is 25.9. The van der Waals surface area contributed by atoms with Crippen LogP contribution in [0.2, 0.25) is 0 Å². The topological polar surface area (TPSA) is 66.0 Å². The molecule has 2 aromatic rings. The second kappa shape index (κ2) is 18.8. The number of halogens is 1. The second-order valence-corrected chi connectivity index (χ2v) is 9.48. The summed E-state index contributed by atoms with van der Waals surface area (Å²) in [5, 5.41) is 9.09. The van der Waals surface area contributed by atoms with Crippen molar-refractivity contribution in [3.63, 3.8) is 0 Å². The minimum absolute atomic E-state index is 0. The van der Waals surface area contributed by atoms with Crippen LogP contribution in [0.1, 0.15) is 139 Å². The molecule has 0 bridgehead atoms. The maximum absolute atomic E-state index is 11.1. The Balaban J connectivity index is 0.00000544. The number of carboxylic acids is 1. The van der Waals surface area contributed by atoms with E-state index in [2.05, 4.69) is 16.9 Å². The predicted octanol–water partition coefficient (Wildman–Crippen LogP) is 9.27. The summed E-state index contributed by atoms with van der Waals surface area (Å²) < 4.78 is 0. The number of benzene rings is 1. The number of fused-ring (bicyclic) bond motifs is 1. The van der Waals surface area contributed by atoms with Crippen molar-refractivity contribution in [1.82, 2.24) is 9.97 Å². The summed E-state index contributed by atoms with van der Waals surface area (Å²) in [5.74, 6) is 0.0746. The van der Waals surface area contributed by atoms with Gasteiger partial charge in [0.05, 0.1) is 16.6 Å².